The minimum Gasteiger partial charge on any atom is -0.359 e. The van der Waals surface area contributed by atoms with Gasteiger partial charge in [-0.1, -0.05) is 5.16 Å². The van der Waals surface area contributed by atoms with Gasteiger partial charge < -0.3 is 14.4 Å². The second-order valence-electron chi connectivity index (χ2n) is 6.10. The van der Waals surface area contributed by atoms with E-state index in [4.69, 9.17) is 4.52 Å². The first-order chi connectivity index (χ1) is 11.7. The molecule has 0 fully saturated rings. The standard InChI is InChI=1S/C18H19N3O2S/c1-12-10-13(23-20-12)11-19-17(22)16-14-6-2-3-7-15(14)24-18(16)21-8-4-5-9-21/h4-5,8-10H,2-3,6-7,11H2,1H3,(H,19,22). The van der Waals surface area contributed by atoms with Crippen molar-refractivity contribution < 1.29 is 9.32 Å². The predicted octanol–water partition coefficient (Wildman–Crippen LogP) is 3.64. The molecule has 0 radical (unpaired) electrons. The Balaban J connectivity index is 1.65. The number of carbonyl (C=O) groups excluding carboxylic acids is 1. The number of nitrogens with one attached hydrogen (secondary N) is 1. The van der Waals surface area contributed by atoms with Crippen LogP contribution in [0.2, 0.25) is 0 Å². The van der Waals surface area contributed by atoms with Gasteiger partial charge in [0.1, 0.15) is 5.00 Å². The first-order valence-corrected chi connectivity index (χ1v) is 9.02. The molecule has 0 atom stereocenters. The molecule has 1 N–H and O–H groups in total. The quantitative estimate of drug-likeness (QED) is 0.788. The Hall–Kier alpha value is -2.34. The van der Waals surface area contributed by atoms with E-state index >= 15 is 0 Å². The molecule has 3 heterocycles. The summed E-state index contributed by atoms with van der Waals surface area (Å²) >= 11 is 1.74. The Morgan fingerprint density at radius 1 is 1.33 bits per heavy atom. The summed E-state index contributed by atoms with van der Waals surface area (Å²) in [5.41, 5.74) is 2.86. The fourth-order valence-electron chi connectivity index (χ4n) is 3.19. The number of hydrogen-bond acceptors (Lipinski definition) is 4. The Labute approximate surface area is 144 Å². The highest BCUT2D eigenvalue weighted by Gasteiger charge is 2.26. The highest BCUT2D eigenvalue weighted by atomic mass is 32.1. The summed E-state index contributed by atoms with van der Waals surface area (Å²) in [6, 6.07) is 5.81. The molecule has 3 aromatic rings. The molecule has 3 aromatic heterocycles. The second kappa shape index (κ2) is 6.28. The zero-order chi connectivity index (χ0) is 16.5. The molecule has 5 nitrogen and oxygen atoms in total. The molecular weight excluding hydrogens is 322 g/mol. The Morgan fingerprint density at radius 2 is 2.12 bits per heavy atom. The summed E-state index contributed by atoms with van der Waals surface area (Å²) in [7, 11) is 0. The zero-order valence-electron chi connectivity index (χ0n) is 13.5. The van der Waals surface area contributed by atoms with Crippen LogP contribution in [0.5, 0.6) is 0 Å². The fraction of sp³-hybridized carbons (Fsp3) is 0.333. The predicted molar refractivity (Wildman–Crippen MR) is 92.7 cm³/mol. The first kappa shape index (κ1) is 15.2. The lowest BCUT2D eigenvalue weighted by Crippen LogP contribution is -2.24. The number of carbonyl (C=O) groups is 1. The monoisotopic (exact) mass is 341 g/mol. The van der Waals surface area contributed by atoms with Crippen LogP contribution < -0.4 is 5.32 Å². The lowest BCUT2D eigenvalue weighted by Gasteiger charge is -2.13. The third kappa shape index (κ3) is 2.78. The molecule has 0 bridgehead atoms. The van der Waals surface area contributed by atoms with Gasteiger partial charge >= 0.3 is 0 Å². The maximum atomic E-state index is 12.9. The van der Waals surface area contributed by atoms with Crippen LogP contribution in [0.1, 0.15) is 45.1 Å². The van der Waals surface area contributed by atoms with E-state index < -0.39 is 0 Å². The van der Waals surface area contributed by atoms with Crippen LogP contribution >= 0.6 is 11.3 Å². The minimum absolute atomic E-state index is 0.0350. The van der Waals surface area contributed by atoms with Gasteiger partial charge in [-0.2, -0.15) is 0 Å². The average Bonchev–Trinajstić information content (AvgIpc) is 3.31. The smallest absolute Gasteiger partial charge is 0.254 e. The van der Waals surface area contributed by atoms with Gasteiger partial charge in [0.05, 0.1) is 17.8 Å². The number of thiophene rings is 1. The summed E-state index contributed by atoms with van der Waals surface area (Å²) in [4.78, 5) is 14.2. The van der Waals surface area contributed by atoms with E-state index in [9.17, 15) is 4.79 Å². The van der Waals surface area contributed by atoms with Crippen LogP contribution in [-0.2, 0) is 19.4 Å². The molecule has 4 rings (SSSR count). The average molecular weight is 341 g/mol. The Bertz CT molecular complexity index is 861. The summed E-state index contributed by atoms with van der Waals surface area (Å²) in [5.74, 6) is 0.639. The number of hydrogen-bond donors (Lipinski definition) is 1. The molecular formula is C18H19N3O2S. The lowest BCUT2D eigenvalue weighted by molar-refractivity contribution is 0.0946. The second-order valence-corrected chi connectivity index (χ2v) is 7.18. The third-order valence-corrected chi connectivity index (χ3v) is 5.62. The summed E-state index contributed by atoms with van der Waals surface area (Å²) in [6.45, 7) is 2.23. The van der Waals surface area contributed by atoms with Gasteiger partial charge in [0, 0.05) is 23.3 Å². The van der Waals surface area contributed by atoms with Crippen molar-refractivity contribution in [3.8, 4) is 5.00 Å². The fourth-order valence-corrected chi connectivity index (χ4v) is 4.54. The lowest BCUT2D eigenvalue weighted by atomic mass is 9.95. The van der Waals surface area contributed by atoms with Crippen LogP contribution in [0.4, 0.5) is 0 Å². The van der Waals surface area contributed by atoms with Crippen molar-refractivity contribution in [1.82, 2.24) is 15.0 Å². The van der Waals surface area contributed by atoms with E-state index in [-0.39, 0.29) is 5.91 Å². The molecule has 1 aliphatic carbocycles. The van der Waals surface area contributed by atoms with E-state index in [2.05, 4.69) is 10.5 Å². The van der Waals surface area contributed by atoms with Crippen LogP contribution in [0.25, 0.3) is 5.00 Å². The molecule has 24 heavy (non-hydrogen) atoms. The first-order valence-electron chi connectivity index (χ1n) is 8.20. The van der Waals surface area contributed by atoms with E-state index in [1.54, 1.807) is 11.3 Å². The van der Waals surface area contributed by atoms with Gasteiger partial charge in [0.15, 0.2) is 5.76 Å². The minimum atomic E-state index is -0.0350. The van der Waals surface area contributed by atoms with Crippen molar-refractivity contribution in [1.29, 1.82) is 0 Å². The maximum absolute atomic E-state index is 12.9. The Kier molecular flexibility index (Phi) is 3.98. The van der Waals surface area contributed by atoms with Crippen molar-refractivity contribution >= 4 is 17.2 Å². The molecule has 124 valence electrons. The number of amides is 1. The molecule has 6 heteroatoms. The zero-order valence-corrected chi connectivity index (χ0v) is 14.4. The normalized spacial score (nSPS) is 13.7. The van der Waals surface area contributed by atoms with E-state index in [1.807, 2.05) is 42.1 Å². The van der Waals surface area contributed by atoms with Crippen LogP contribution in [0, 0.1) is 6.92 Å². The molecule has 0 aromatic carbocycles. The van der Waals surface area contributed by atoms with E-state index in [0.29, 0.717) is 12.3 Å². The van der Waals surface area contributed by atoms with Gasteiger partial charge in [0.25, 0.3) is 5.91 Å². The van der Waals surface area contributed by atoms with Crippen LogP contribution in [-0.4, -0.2) is 15.6 Å². The number of aromatic nitrogens is 2. The molecule has 1 aliphatic rings. The van der Waals surface area contributed by atoms with Crippen LogP contribution in [0.15, 0.2) is 35.1 Å². The SMILES string of the molecule is Cc1cc(CNC(=O)c2c(-n3cccc3)sc3c2CCCC3)on1. The van der Waals surface area contributed by atoms with E-state index in [0.717, 1.165) is 35.5 Å². The largest absolute Gasteiger partial charge is 0.359 e. The van der Waals surface area contributed by atoms with Gasteiger partial charge in [-0.3, -0.25) is 4.79 Å². The number of rotatable bonds is 4. The van der Waals surface area contributed by atoms with Crippen molar-refractivity contribution in [2.24, 2.45) is 0 Å². The third-order valence-electron chi connectivity index (χ3n) is 4.32. The van der Waals surface area contributed by atoms with Crippen molar-refractivity contribution in [2.45, 2.75) is 39.2 Å². The molecule has 0 saturated heterocycles. The summed E-state index contributed by atoms with van der Waals surface area (Å²) in [5, 5.41) is 7.86. The highest BCUT2D eigenvalue weighted by molar-refractivity contribution is 7.15. The highest BCUT2D eigenvalue weighted by Crippen LogP contribution is 2.36. The van der Waals surface area contributed by atoms with Gasteiger partial charge in [0.2, 0.25) is 0 Å². The van der Waals surface area contributed by atoms with Gasteiger partial charge in [-0.25, -0.2) is 0 Å². The molecule has 0 saturated carbocycles. The summed E-state index contributed by atoms with van der Waals surface area (Å²) in [6.07, 6.45) is 8.40. The molecule has 1 amide bonds. The molecule has 0 aliphatic heterocycles. The van der Waals surface area contributed by atoms with Crippen LogP contribution in [0.3, 0.4) is 0 Å². The van der Waals surface area contributed by atoms with Gasteiger partial charge in [-0.05, 0) is 50.3 Å². The maximum Gasteiger partial charge on any atom is 0.254 e. The number of aryl methyl sites for hydroxylation is 2. The number of nitrogens with zero attached hydrogens (tertiary/aromatic N) is 2. The van der Waals surface area contributed by atoms with Crippen molar-refractivity contribution in [2.75, 3.05) is 0 Å². The molecule has 0 spiro atoms. The molecule has 0 unspecified atom stereocenters. The summed E-state index contributed by atoms with van der Waals surface area (Å²) < 4.78 is 7.22. The van der Waals surface area contributed by atoms with Crippen molar-refractivity contribution in [3.05, 3.63) is 58.1 Å². The Morgan fingerprint density at radius 3 is 2.88 bits per heavy atom. The topological polar surface area (TPSA) is 60.1 Å². The number of fused-ring (bicyclic) bond motifs is 1. The van der Waals surface area contributed by atoms with Gasteiger partial charge in [-0.15, -0.1) is 11.3 Å². The van der Waals surface area contributed by atoms with Crippen molar-refractivity contribution in [3.63, 3.8) is 0 Å². The van der Waals surface area contributed by atoms with E-state index in [1.165, 1.54) is 16.9 Å².